The maximum atomic E-state index is 15.6. The number of hydrogen-bond acceptors (Lipinski definition) is 12. The monoisotopic (exact) mass is 1320 g/mol. The second kappa shape index (κ2) is 25.1. The molecule has 0 radical (unpaired) electrons. The predicted octanol–water partition coefficient (Wildman–Crippen LogP) is 18.8. The number of nitrogens with zero attached hydrogens (tertiary/aromatic N) is 8. The minimum Gasteiger partial charge on any atom is -0.443 e. The molecule has 2 aliphatic rings. The van der Waals surface area contributed by atoms with Crippen LogP contribution in [-0.2, 0) is 9.47 Å². The van der Waals surface area contributed by atoms with E-state index >= 15 is 9.59 Å². The third-order valence-corrected chi connectivity index (χ3v) is 18.2. The van der Waals surface area contributed by atoms with Crippen LogP contribution in [0.3, 0.4) is 0 Å². The van der Waals surface area contributed by atoms with Crippen LogP contribution in [0.5, 0.6) is 0 Å². The number of carbonyl (C=O) groups excluding carboxylic acids is 4. The molecule has 0 fully saturated rings. The number of allylic oxidation sites excluding steroid dienone is 2. The van der Waals surface area contributed by atoms with Crippen molar-refractivity contribution in [3.8, 4) is 89.5 Å². The van der Waals surface area contributed by atoms with Crippen molar-refractivity contribution in [1.29, 1.82) is 0 Å². The Bertz CT molecular complexity index is 4830. The molecule has 2 N–H and O–H groups in total. The summed E-state index contributed by atoms with van der Waals surface area (Å²) in [5.74, 6) is 0.0298. The minimum absolute atomic E-state index is 0.131. The number of imidazole rings is 2. The van der Waals surface area contributed by atoms with E-state index < -0.39 is 35.0 Å². The Morgan fingerprint density at radius 1 is 0.340 bits per heavy atom. The number of Topliss-reactive ketones (excluding diaryl/α,β-unsaturated/α-hetero) is 2. The van der Waals surface area contributed by atoms with Gasteiger partial charge >= 0.3 is 12.2 Å². The van der Waals surface area contributed by atoms with Crippen LogP contribution in [0.25, 0.3) is 112 Å². The van der Waals surface area contributed by atoms with Crippen LogP contribution in [0.1, 0.15) is 62.3 Å². The molecule has 0 aliphatic carbocycles. The summed E-state index contributed by atoms with van der Waals surface area (Å²) in [5, 5.41) is 0. The van der Waals surface area contributed by atoms with Crippen LogP contribution < -0.4 is 29.4 Å². The average molecular weight is 1320 g/mol. The van der Waals surface area contributed by atoms with E-state index in [1.54, 1.807) is 65.8 Å². The van der Waals surface area contributed by atoms with Crippen molar-refractivity contribution in [2.75, 3.05) is 85.8 Å². The molecule has 500 valence electrons. The SMILES string of the molecule is CN(C)c1cccc(-c2ccc(-c3cccc(N(C)C)c3)c3[nH]c(-c4ccc(-c5ccc6c(c5)C(=O)/C(=C5/C(=O)c7cc(-c8ccc(-c9nc%10c(-c%11cccc(N(C)C)c%11)ccc(-c%11cccc(N(C)C)c%11)c%10[nH]9)cc8)ccc7N5C(=O)OC(C)(C)C)N6C(=O)OC(C)(C)C)cc4)nc23)c1. The highest BCUT2D eigenvalue weighted by Gasteiger charge is 2.49. The highest BCUT2D eigenvalue weighted by molar-refractivity contribution is 6.33. The van der Waals surface area contributed by atoms with E-state index in [4.69, 9.17) is 19.4 Å². The van der Waals surface area contributed by atoms with Crippen molar-refractivity contribution in [2.45, 2.75) is 52.7 Å². The molecular formula is C84H78N10O6. The van der Waals surface area contributed by atoms with Crippen LogP contribution in [0.2, 0.25) is 0 Å². The van der Waals surface area contributed by atoms with Crippen molar-refractivity contribution in [1.82, 2.24) is 19.9 Å². The summed E-state index contributed by atoms with van der Waals surface area (Å²) in [6.07, 6.45) is -1.82. The van der Waals surface area contributed by atoms with Crippen LogP contribution in [0, 0.1) is 0 Å². The highest BCUT2D eigenvalue weighted by Crippen LogP contribution is 2.47. The quantitative estimate of drug-likeness (QED) is 0.111. The molecule has 0 saturated heterocycles. The molecule has 2 aliphatic heterocycles. The van der Waals surface area contributed by atoms with Gasteiger partial charge in [-0.2, -0.15) is 0 Å². The van der Waals surface area contributed by atoms with Gasteiger partial charge in [0.25, 0.3) is 0 Å². The van der Waals surface area contributed by atoms with Crippen LogP contribution in [0.4, 0.5) is 43.7 Å². The lowest BCUT2D eigenvalue weighted by atomic mass is 9.97. The number of ketones is 2. The molecule has 0 atom stereocenters. The molecule has 4 heterocycles. The Morgan fingerprint density at radius 3 is 0.940 bits per heavy atom. The highest BCUT2D eigenvalue weighted by atomic mass is 16.6. The summed E-state index contributed by atoms with van der Waals surface area (Å²) in [4.78, 5) is 89.4. The molecule has 0 bridgehead atoms. The van der Waals surface area contributed by atoms with Gasteiger partial charge in [0.1, 0.15) is 34.2 Å². The normalized spacial score (nSPS) is 13.7. The number of hydrogen-bond donors (Lipinski definition) is 2. The Balaban J connectivity index is 0.817. The van der Waals surface area contributed by atoms with E-state index in [-0.39, 0.29) is 33.9 Å². The molecule has 2 aromatic heterocycles. The predicted molar refractivity (Wildman–Crippen MR) is 406 cm³/mol. The average Bonchev–Trinajstić information content (AvgIpc) is 1.56. The summed E-state index contributed by atoms with van der Waals surface area (Å²) in [7, 11) is 16.2. The summed E-state index contributed by atoms with van der Waals surface area (Å²) >= 11 is 0. The van der Waals surface area contributed by atoms with Gasteiger partial charge in [0, 0.05) is 124 Å². The number of carbonyl (C=O) groups is 4. The number of aromatic amines is 2. The van der Waals surface area contributed by atoms with Crippen molar-refractivity contribution in [2.24, 2.45) is 0 Å². The Morgan fingerprint density at radius 2 is 0.630 bits per heavy atom. The van der Waals surface area contributed by atoms with E-state index in [2.05, 4.69) is 151 Å². The molecule has 16 heteroatoms. The maximum Gasteiger partial charge on any atom is 0.419 e. The fourth-order valence-electron chi connectivity index (χ4n) is 13.2. The third-order valence-electron chi connectivity index (χ3n) is 18.2. The first-order valence-electron chi connectivity index (χ1n) is 33.3. The smallest absolute Gasteiger partial charge is 0.419 e. The Kier molecular flexibility index (Phi) is 16.4. The van der Waals surface area contributed by atoms with Gasteiger partial charge in [-0.05, 0) is 159 Å². The van der Waals surface area contributed by atoms with Gasteiger partial charge in [0.15, 0.2) is 0 Å². The second-order valence-electron chi connectivity index (χ2n) is 28.3. The summed E-state index contributed by atoms with van der Waals surface area (Å²) in [6, 6.07) is 68.6. The van der Waals surface area contributed by atoms with E-state index in [0.717, 1.165) is 121 Å². The van der Waals surface area contributed by atoms with Gasteiger partial charge < -0.3 is 39.0 Å². The molecule has 2 amide bonds. The maximum absolute atomic E-state index is 15.6. The number of aromatic nitrogens is 4. The van der Waals surface area contributed by atoms with Crippen molar-refractivity contribution in [3.05, 3.63) is 229 Å². The van der Waals surface area contributed by atoms with Crippen LogP contribution in [0.15, 0.2) is 218 Å². The van der Waals surface area contributed by atoms with Crippen LogP contribution >= 0.6 is 0 Å². The Hall–Kier alpha value is -12.0. The summed E-state index contributed by atoms with van der Waals surface area (Å²) in [6.45, 7) is 10.3. The summed E-state index contributed by atoms with van der Waals surface area (Å²) in [5.41, 5.74) is 18.4. The van der Waals surface area contributed by atoms with Gasteiger partial charge in [-0.25, -0.2) is 29.4 Å². The first-order valence-corrected chi connectivity index (χ1v) is 33.3. The number of rotatable bonds is 12. The molecule has 10 aromatic carbocycles. The number of benzene rings is 10. The number of fused-ring (bicyclic) bond motifs is 4. The fraction of sp³-hybridized carbons (Fsp3) is 0.190. The van der Waals surface area contributed by atoms with E-state index in [9.17, 15) is 9.59 Å². The molecule has 12 aromatic rings. The molecule has 0 spiro atoms. The molecular weight excluding hydrogens is 1240 g/mol. The lowest BCUT2D eigenvalue weighted by Gasteiger charge is -2.28. The lowest BCUT2D eigenvalue weighted by Crippen LogP contribution is -2.40. The van der Waals surface area contributed by atoms with Crippen LogP contribution in [-0.4, -0.2) is 111 Å². The second-order valence-corrected chi connectivity index (χ2v) is 28.3. The zero-order valence-corrected chi connectivity index (χ0v) is 58.7. The van der Waals surface area contributed by atoms with E-state index in [0.29, 0.717) is 22.8 Å². The lowest BCUT2D eigenvalue weighted by molar-refractivity contribution is 0.0571. The fourth-order valence-corrected chi connectivity index (χ4v) is 13.2. The number of nitrogens with one attached hydrogen (secondary N) is 2. The molecule has 100 heavy (non-hydrogen) atoms. The molecule has 14 rings (SSSR count). The largest absolute Gasteiger partial charge is 0.443 e. The standard InChI is InChI=1S/C84H78N10O6/c1-83(2,3)99-81(97)93-69-41-35-53(49-27-31-51(32-28-49)79-85-71-63(55-19-15-23-59(43-55)89(7)8)37-38-64(72(71)86-79)56-20-16-24-60(44-56)90(9)10)47-67(69)77(95)75(93)76-78(96)68-48-54(36-42-70(68)94(76)82(98)100-84(4,5)6)50-29-33-52(34-30-50)80-87-73-65(57-21-17-25-61(45-57)91(11)12)39-40-66(74(73)88-80)58-22-18-26-62(46-58)92(13)14/h15-48H,1-14H3,(H,85,86)(H,87,88)/b76-75+. The molecule has 0 saturated carbocycles. The number of amides is 2. The van der Waals surface area contributed by atoms with Crippen molar-refractivity contribution >= 4 is 79.9 Å². The number of ether oxygens (including phenoxy) is 2. The summed E-state index contributed by atoms with van der Waals surface area (Å²) < 4.78 is 12.1. The first kappa shape index (κ1) is 65.3. The van der Waals surface area contributed by atoms with Gasteiger partial charge in [-0.1, -0.05) is 133 Å². The van der Waals surface area contributed by atoms with E-state index in [1.807, 2.05) is 117 Å². The van der Waals surface area contributed by atoms with Gasteiger partial charge in [0.05, 0.1) is 33.4 Å². The zero-order valence-electron chi connectivity index (χ0n) is 58.7. The number of anilines is 6. The van der Waals surface area contributed by atoms with E-state index in [1.165, 1.54) is 0 Å². The Labute approximate surface area is 582 Å². The van der Waals surface area contributed by atoms with Gasteiger partial charge in [-0.3, -0.25) is 9.59 Å². The van der Waals surface area contributed by atoms with Crippen molar-refractivity contribution in [3.63, 3.8) is 0 Å². The topological polar surface area (TPSA) is 164 Å². The number of H-pyrrole nitrogens is 2. The zero-order chi connectivity index (χ0) is 70.4. The van der Waals surface area contributed by atoms with Crippen molar-refractivity contribution < 1.29 is 28.7 Å². The third kappa shape index (κ3) is 12.2. The first-order chi connectivity index (χ1) is 47.7. The molecule has 0 unspecified atom stereocenters. The van der Waals surface area contributed by atoms with Gasteiger partial charge in [-0.15, -0.1) is 0 Å². The molecule has 16 nitrogen and oxygen atoms in total. The minimum atomic E-state index is -1.02. The van der Waals surface area contributed by atoms with Gasteiger partial charge in [0.2, 0.25) is 11.6 Å².